The van der Waals surface area contributed by atoms with Gasteiger partial charge < -0.3 is 15.0 Å². The number of ether oxygens (including phenoxy) is 1. The minimum atomic E-state index is -0.417. The third kappa shape index (κ3) is 4.42. The first-order valence-corrected chi connectivity index (χ1v) is 13.0. The quantitative estimate of drug-likeness (QED) is 0.691. The van der Waals surface area contributed by atoms with Crippen molar-refractivity contribution in [2.24, 2.45) is 0 Å². The van der Waals surface area contributed by atoms with Gasteiger partial charge in [0.2, 0.25) is 0 Å². The zero-order valence-corrected chi connectivity index (χ0v) is 19.8. The number of aromatic amines is 1. The van der Waals surface area contributed by atoms with Crippen molar-refractivity contribution in [1.29, 1.82) is 0 Å². The molecule has 0 unspecified atom stereocenters. The van der Waals surface area contributed by atoms with E-state index in [2.05, 4.69) is 15.2 Å². The van der Waals surface area contributed by atoms with Crippen LogP contribution in [0.5, 0.6) is 0 Å². The minimum Gasteiger partial charge on any atom is -0.450 e. The largest absolute Gasteiger partial charge is 0.450 e. The molecule has 2 N–H and O–H groups in total. The molecule has 180 valence electrons. The summed E-state index contributed by atoms with van der Waals surface area (Å²) in [6, 6.07) is 0.960. The lowest BCUT2D eigenvalue weighted by atomic mass is 9.89. The highest BCUT2D eigenvalue weighted by Gasteiger charge is 2.36. The highest BCUT2D eigenvalue weighted by atomic mass is 16.5. The molecule has 1 atom stereocenters. The molecule has 8 heteroatoms. The fraction of sp³-hybridized carbons (Fsp3) is 0.720. The molecular weight excluding hydrogens is 418 g/mol. The molecule has 3 aliphatic rings. The summed E-state index contributed by atoms with van der Waals surface area (Å²) in [5.74, 6) is 0. The highest BCUT2D eigenvalue weighted by molar-refractivity contribution is 5.84. The summed E-state index contributed by atoms with van der Waals surface area (Å²) >= 11 is 0. The normalized spacial score (nSPS) is 21.9. The van der Waals surface area contributed by atoms with E-state index in [-0.39, 0.29) is 5.56 Å². The second kappa shape index (κ2) is 9.87. The Labute approximate surface area is 195 Å². The maximum absolute atomic E-state index is 12.9. The van der Waals surface area contributed by atoms with E-state index in [4.69, 9.17) is 9.84 Å². The van der Waals surface area contributed by atoms with Gasteiger partial charge in [-0.2, -0.15) is 5.10 Å². The van der Waals surface area contributed by atoms with Crippen LogP contribution in [0.25, 0.3) is 11.0 Å². The van der Waals surface area contributed by atoms with E-state index in [0.29, 0.717) is 31.8 Å². The summed E-state index contributed by atoms with van der Waals surface area (Å²) < 4.78 is 6.89. The summed E-state index contributed by atoms with van der Waals surface area (Å²) in [6.07, 6.45) is 12.5. The van der Waals surface area contributed by atoms with Gasteiger partial charge in [-0.05, 0) is 70.4 Å². The number of hydrogen-bond donors (Lipinski definition) is 2. The van der Waals surface area contributed by atoms with Crippen molar-refractivity contribution in [2.45, 2.75) is 96.2 Å². The molecule has 5 rings (SSSR count). The van der Waals surface area contributed by atoms with Gasteiger partial charge >= 0.3 is 6.09 Å². The molecular formula is C25H37N5O3. The number of amides is 1. The maximum Gasteiger partial charge on any atom is 0.407 e. The monoisotopic (exact) mass is 455 g/mol. The summed E-state index contributed by atoms with van der Waals surface area (Å²) in [4.78, 5) is 30.6. The van der Waals surface area contributed by atoms with Crippen LogP contribution in [-0.4, -0.2) is 51.5 Å². The second-order valence-electron chi connectivity index (χ2n) is 9.79. The van der Waals surface area contributed by atoms with Crippen molar-refractivity contribution in [3.8, 4) is 0 Å². The fourth-order valence-corrected chi connectivity index (χ4v) is 6.29. The van der Waals surface area contributed by atoms with Crippen molar-refractivity contribution in [2.75, 3.05) is 19.7 Å². The van der Waals surface area contributed by atoms with Crippen LogP contribution in [0.2, 0.25) is 0 Å². The van der Waals surface area contributed by atoms with E-state index < -0.39 is 6.09 Å². The van der Waals surface area contributed by atoms with Gasteiger partial charge in [0.1, 0.15) is 5.65 Å². The first kappa shape index (κ1) is 22.4. The molecule has 2 aliphatic carbocycles. The molecule has 2 aromatic heterocycles. The van der Waals surface area contributed by atoms with Gasteiger partial charge in [-0.3, -0.25) is 9.69 Å². The summed E-state index contributed by atoms with van der Waals surface area (Å²) in [5.41, 5.74) is 4.16. The lowest BCUT2D eigenvalue weighted by Crippen LogP contribution is -2.36. The van der Waals surface area contributed by atoms with Crippen LogP contribution in [0.1, 0.15) is 87.6 Å². The van der Waals surface area contributed by atoms with Crippen molar-refractivity contribution < 1.29 is 9.53 Å². The molecule has 0 aromatic carbocycles. The Morgan fingerprint density at radius 1 is 1.09 bits per heavy atom. The molecule has 0 spiro atoms. The predicted octanol–water partition coefficient (Wildman–Crippen LogP) is 3.82. The molecule has 0 radical (unpaired) electrons. The topological polar surface area (TPSA) is 92.2 Å². The van der Waals surface area contributed by atoms with Crippen molar-refractivity contribution in [1.82, 2.24) is 25.0 Å². The minimum absolute atomic E-state index is 0.0267. The number of rotatable bonds is 6. The lowest BCUT2D eigenvalue weighted by Gasteiger charge is -2.35. The van der Waals surface area contributed by atoms with Crippen LogP contribution in [0.15, 0.2) is 4.79 Å². The van der Waals surface area contributed by atoms with Crippen LogP contribution in [0.4, 0.5) is 4.79 Å². The van der Waals surface area contributed by atoms with E-state index in [1.54, 1.807) is 6.92 Å². The summed E-state index contributed by atoms with van der Waals surface area (Å²) in [6.45, 7) is 4.18. The van der Waals surface area contributed by atoms with Gasteiger partial charge in [-0.25, -0.2) is 9.48 Å². The van der Waals surface area contributed by atoms with Gasteiger partial charge in [-0.15, -0.1) is 0 Å². The van der Waals surface area contributed by atoms with Gasteiger partial charge in [-0.1, -0.05) is 19.3 Å². The van der Waals surface area contributed by atoms with Gasteiger partial charge in [0.15, 0.2) is 0 Å². The van der Waals surface area contributed by atoms with E-state index in [0.717, 1.165) is 55.6 Å². The first-order chi connectivity index (χ1) is 16.2. The number of hydrogen-bond acceptors (Lipinski definition) is 5. The third-order valence-corrected chi connectivity index (χ3v) is 7.78. The number of pyridine rings is 1. The van der Waals surface area contributed by atoms with E-state index in [1.165, 1.54) is 49.5 Å². The molecule has 1 aliphatic heterocycles. The SMILES string of the molecule is CCOC(=O)NCCn1nc([C@H]2CCCN2C2CCCCC2)c2c3c(c(=O)[nH]c21)CCCC3. The Hall–Kier alpha value is -2.35. The van der Waals surface area contributed by atoms with Crippen LogP contribution in [0.3, 0.4) is 0 Å². The summed E-state index contributed by atoms with van der Waals surface area (Å²) in [5, 5.41) is 9.08. The number of carbonyl (C=O) groups excluding carboxylic acids is 1. The van der Waals surface area contributed by atoms with Gasteiger partial charge in [0, 0.05) is 23.5 Å². The summed E-state index contributed by atoms with van der Waals surface area (Å²) in [7, 11) is 0. The molecule has 2 aromatic rings. The Kier molecular flexibility index (Phi) is 6.71. The number of aryl methyl sites for hydroxylation is 1. The molecule has 1 amide bonds. The zero-order chi connectivity index (χ0) is 22.8. The number of likely N-dealkylation sites (tertiary alicyclic amines) is 1. The molecule has 8 nitrogen and oxygen atoms in total. The number of H-pyrrole nitrogens is 1. The standard InChI is InChI=1S/C25H37N5O3/c1-2-33-25(32)26-14-16-30-23-21(18-11-6-7-12-19(18)24(31)27-23)22(28-30)20-13-8-15-29(20)17-9-4-3-5-10-17/h17,20H,2-16H2,1H3,(H,26,32)(H,27,31)/t20-/m1/s1. The Morgan fingerprint density at radius 3 is 2.67 bits per heavy atom. The zero-order valence-electron chi connectivity index (χ0n) is 19.8. The van der Waals surface area contributed by atoms with Crippen molar-refractivity contribution in [3.05, 3.63) is 27.2 Å². The van der Waals surface area contributed by atoms with E-state index >= 15 is 0 Å². The van der Waals surface area contributed by atoms with E-state index in [1.807, 2.05) is 4.68 Å². The Balaban J connectivity index is 1.53. The Bertz CT molecular complexity index is 1050. The van der Waals surface area contributed by atoms with Gasteiger partial charge in [0.05, 0.1) is 24.9 Å². The number of aromatic nitrogens is 3. The van der Waals surface area contributed by atoms with Crippen molar-refractivity contribution in [3.63, 3.8) is 0 Å². The van der Waals surface area contributed by atoms with Gasteiger partial charge in [0.25, 0.3) is 5.56 Å². The molecule has 33 heavy (non-hydrogen) atoms. The van der Waals surface area contributed by atoms with Crippen LogP contribution < -0.4 is 10.9 Å². The molecule has 1 saturated heterocycles. The third-order valence-electron chi connectivity index (χ3n) is 7.78. The maximum atomic E-state index is 12.9. The Morgan fingerprint density at radius 2 is 1.88 bits per heavy atom. The number of fused-ring (bicyclic) bond motifs is 3. The fourth-order valence-electron chi connectivity index (χ4n) is 6.29. The van der Waals surface area contributed by atoms with Crippen LogP contribution >= 0.6 is 0 Å². The highest BCUT2D eigenvalue weighted by Crippen LogP contribution is 2.41. The second-order valence-corrected chi connectivity index (χ2v) is 9.79. The predicted molar refractivity (Wildman–Crippen MR) is 128 cm³/mol. The van der Waals surface area contributed by atoms with Crippen LogP contribution in [-0.2, 0) is 24.1 Å². The number of alkyl carbamates (subject to hydrolysis) is 1. The van der Waals surface area contributed by atoms with Crippen molar-refractivity contribution >= 4 is 17.1 Å². The van der Waals surface area contributed by atoms with E-state index in [9.17, 15) is 9.59 Å². The molecule has 3 heterocycles. The lowest BCUT2D eigenvalue weighted by molar-refractivity contribution is 0.140. The average molecular weight is 456 g/mol. The molecule has 1 saturated carbocycles. The average Bonchev–Trinajstić information content (AvgIpc) is 3.45. The molecule has 2 fully saturated rings. The first-order valence-electron chi connectivity index (χ1n) is 13.0. The van der Waals surface area contributed by atoms with Crippen LogP contribution in [0, 0.1) is 0 Å². The molecule has 0 bridgehead atoms. The smallest absolute Gasteiger partial charge is 0.407 e. The number of carbonyl (C=O) groups is 1. The number of nitrogens with one attached hydrogen (secondary N) is 2. The number of nitrogens with zero attached hydrogens (tertiary/aromatic N) is 3.